The number of aryl methyl sites for hydroxylation is 1. The van der Waals surface area contributed by atoms with E-state index in [4.69, 9.17) is 17.0 Å². The number of ether oxygens (including phenoxy) is 1. The van der Waals surface area contributed by atoms with E-state index in [-0.39, 0.29) is 30.1 Å². The van der Waals surface area contributed by atoms with Gasteiger partial charge in [0.1, 0.15) is 5.75 Å². The van der Waals surface area contributed by atoms with Gasteiger partial charge in [-0.05, 0) is 68.0 Å². The number of hydrogen-bond acceptors (Lipinski definition) is 6. The molecule has 1 aliphatic heterocycles. The maximum Gasteiger partial charge on any atom is 0.271 e. The van der Waals surface area contributed by atoms with Crippen LogP contribution in [0.25, 0.3) is 5.69 Å². The Hall–Kier alpha value is -4.77. The molecule has 0 saturated carbocycles. The zero-order valence-corrected chi connectivity index (χ0v) is 23.7. The SMILES string of the molecule is COc1ccc([N+](=O)[O-])cc1-n1c(C)cc([C@@H]2[C@H](c3ccccn3)NC(=S)N2CCC(=O)Nc2ccccc2)c1C. The number of anilines is 1. The molecule has 2 atom stereocenters. The van der Waals surface area contributed by atoms with Crippen molar-refractivity contribution in [1.82, 2.24) is 19.8 Å². The Labute approximate surface area is 243 Å². The highest BCUT2D eigenvalue weighted by molar-refractivity contribution is 7.80. The first kappa shape index (κ1) is 27.8. The molecule has 0 bridgehead atoms. The molecule has 2 aromatic heterocycles. The average Bonchev–Trinajstić information content (AvgIpc) is 3.46. The fourth-order valence-corrected chi connectivity index (χ4v) is 5.71. The molecule has 2 N–H and O–H groups in total. The van der Waals surface area contributed by atoms with Crippen molar-refractivity contribution in [2.75, 3.05) is 19.0 Å². The van der Waals surface area contributed by atoms with Crippen molar-refractivity contribution in [3.8, 4) is 11.4 Å². The minimum absolute atomic E-state index is 0.0315. The van der Waals surface area contributed by atoms with Crippen LogP contribution >= 0.6 is 12.2 Å². The molecule has 0 aliphatic carbocycles. The van der Waals surface area contributed by atoms with E-state index >= 15 is 0 Å². The molecule has 1 fully saturated rings. The summed E-state index contributed by atoms with van der Waals surface area (Å²) in [6.07, 6.45) is 1.96. The topological polar surface area (TPSA) is 115 Å². The van der Waals surface area contributed by atoms with Gasteiger partial charge in [0.2, 0.25) is 5.91 Å². The fraction of sp³-hybridized carbons (Fsp3) is 0.233. The van der Waals surface area contributed by atoms with E-state index in [2.05, 4.69) is 21.7 Å². The number of carbonyl (C=O) groups excluding carboxylic acids is 1. The van der Waals surface area contributed by atoms with Crippen molar-refractivity contribution in [1.29, 1.82) is 0 Å². The van der Waals surface area contributed by atoms with Gasteiger partial charge in [0.25, 0.3) is 5.69 Å². The number of methoxy groups -OCH3 is 1. The highest BCUT2D eigenvalue weighted by atomic mass is 32.1. The predicted octanol–water partition coefficient (Wildman–Crippen LogP) is 5.41. The number of amides is 1. The third-order valence-electron chi connectivity index (χ3n) is 7.24. The number of rotatable bonds is 9. The van der Waals surface area contributed by atoms with Gasteiger partial charge in [-0.25, -0.2) is 0 Å². The Balaban J connectivity index is 1.53. The van der Waals surface area contributed by atoms with Gasteiger partial charge in [0, 0.05) is 48.4 Å². The van der Waals surface area contributed by atoms with Crippen molar-refractivity contribution in [2.24, 2.45) is 0 Å². The molecule has 10 nitrogen and oxygen atoms in total. The number of benzene rings is 2. The summed E-state index contributed by atoms with van der Waals surface area (Å²) in [5, 5.41) is 18.5. The van der Waals surface area contributed by atoms with Gasteiger partial charge in [0.05, 0.1) is 35.5 Å². The summed E-state index contributed by atoms with van der Waals surface area (Å²) < 4.78 is 7.54. The molecular formula is C30H30N6O4S. The summed E-state index contributed by atoms with van der Waals surface area (Å²) in [6, 6.07) is 21.1. The number of nitrogens with one attached hydrogen (secondary N) is 2. The second-order valence-corrected chi connectivity index (χ2v) is 10.1. The number of nitro benzene ring substituents is 1. The number of nitro groups is 1. The van der Waals surface area contributed by atoms with Gasteiger partial charge in [0.15, 0.2) is 5.11 Å². The zero-order valence-electron chi connectivity index (χ0n) is 22.9. The number of para-hydroxylation sites is 1. The average molecular weight is 571 g/mol. The van der Waals surface area contributed by atoms with Crippen molar-refractivity contribution in [3.63, 3.8) is 0 Å². The van der Waals surface area contributed by atoms with Crippen LogP contribution in [0.5, 0.6) is 5.75 Å². The first-order valence-corrected chi connectivity index (χ1v) is 13.5. The summed E-state index contributed by atoms with van der Waals surface area (Å²) >= 11 is 5.79. The minimum atomic E-state index is -0.420. The summed E-state index contributed by atoms with van der Waals surface area (Å²) in [5.41, 5.74) is 4.79. The van der Waals surface area contributed by atoms with Crippen LogP contribution in [-0.2, 0) is 4.79 Å². The number of non-ortho nitro benzene ring substituents is 1. The van der Waals surface area contributed by atoms with Crippen LogP contribution in [0.4, 0.5) is 11.4 Å². The monoisotopic (exact) mass is 570 g/mol. The van der Waals surface area contributed by atoms with E-state index in [0.29, 0.717) is 23.1 Å². The molecule has 41 heavy (non-hydrogen) atoms. The summed E-state index contributed by atoms with van der Waals surface area (Å²) in [6.45, 7) is 4.29. The molecule has 1 aliphatic rings. The third-order valence-corrected chi connectivity index (χ3v) is 7.59. The Bertz CT molecular complexity index is 1590. The molecule has 1 saturated heterocycles. The molecule has 1 amide bonds. The Morgan fingerprint density at radius 1 is 1.12 bits per heavy atom. The summed E-state index contributed by atoms with van der Waals surface area (Å²) in [4.78, 5) is 30.6. The second kappa shape index (κ2) is 11.8. The first-order valence-electron chi connectivity index (χ1n) is 13.1. The van der Waals surface area contributed by atoms with Gasteiger partial charge in [-0.2, -0.15) is 0 Å². The predicted molar refractivity (Wildman–Crippen MR) is 160 cm³/mol. The van der Waals surface area contributed by atoms with Crippen molar-refractivity contribution in [2.45, 2.75) is 32.4 Å². The zero-order chi connectivity index (χ0) is 29.1. The number of hydrogen-bond donors (Lipinski definition) is 2. The molecule has 4 aromatic rings. The maximum absolute atomic E-state index is 12.9. The van der Waals surface area contributed by atoms with E-state index in [1.807, 2.05) is 71.8 Å². The van der Waals surface area contributed by atoms with E-state index in [0.717, 1.165) is 28.3 Å². The number of nitrogens with zero attached hydrogens (tertiary/aromatic N) is 4. The number of thiocarbonyl (C=S) groups is 1. The number of carbonyl (C=O) groups is 1. The standard InChI is InChI=1S/C30H30N6O4S/c1-19-17-23(20(2)35(19)25-18-22(36(38)39)12-13-26(25)40-3)29-28(24-11-7-8-15-31-24)33-30(41)34(29)16-14-27(37)32-21-9-5-4-6-10-21/h4-13,15,17-18,28-29H,14,16H2,1-3H3,(H,32,37)(H,33,41)/t28-,29+/m0/s1. The second-order valence-electron chi connectivity index (χ2n) is 9.76. The molecule has 2 aromatic carbocycles. The lowest BCUT2D eigenvalue weighted by Gasteiger charge is -2.28. The number of pyridine rings is 1. The molecule has 0 radical (unpaired) electrons. The van der Waals surface area contributed by atoms with Gasteiger partial charge < -0.3 is 24.8 Å². The summed E-state index contributed by atoms with van der Waals surface area (Å²) in [5.74, 6) is 0.394. The Morgan fingerprint density at radius 2 is 1.88 bits per heavy atom. The van der Waals surface area contributed by atoms with E-state index in [1.54, 1.807) is 19.4 Å². The van der Waals surface area contributed by atoms with Gasteiger partial charge in [-0.3, -0.25) is 19.9 Å². The quantitative estimate of drug-likeness (QED) is 0.156. The minimum Gasteiger partial charge on any atom is -0.495 e. The van der Waals surface area contributed by atoms with E-state index in [9.17, 15) is 14.9 Å². The van der Waals surface area contributed by atoms with Gasteiger partial charge in [-0.15, -0.1) is 0 Å². The van der Waals surface area contributed by atoms with Gasteiger partial charge >= 0.3 is 0 Å². The third kappa shape index (κ3) is 5.62. The van der Waals surface area contributed by atoms with Crippen LogP contribution in [0.2, 0.25) is 0 Å². The molecule has 210 valence electrons. The lowest BCUT2D eigenvalue weighted by Crippen LogP contribution is -2.32. The first-order chi connectivity index (χ1) is 19.8. The number of aromatic nitrogens is 2. The van der Waals surface area contributed by atoms with Crippen molar-refractivity contribution in [3.05, 3.63) is 112 Å². The molecule has 0 spiro atoms. The Kier molecular flexibility index (Phi) is 7.97. The molecule has 3 heterocycles. The Morgan fingerprint density at radius 3 is 2.56 bits per heavy atom. The fourth-order valence-electron chi connectivity index (χ4n) is 5.38. The van der Waals surface area contributed by atoms with Crippen molar-refractivity contribution >= 4 is 34.6 Å². The van der Waals surface area contributed by atoms with Crippen LogP contribution < -0.4 is 15.4 Å². The van der Waals surface area contributed by atoms with E-state index < -0.39 is 4.92 Å². The highest BCUT2D eigenvalue weighted by Crippen LogP contribution is 2.42. The van der Waals surface area contributed by atoms with Gasteiger partial charge in [-0.1, -0.05) is 24.3 Å². The molecular weight excluding hydrogens is 540 g/mol. The largest absolute Gasteiger partial charge is 0.495 e. The smallest absolute Gasteiger partial charge is 0.271 e. The molecule has 11 heteroatoms. The van der Waals surface area contributed by atoms with Crippen LogP contribution in [0.15, 0.2) is 79.0 Å². The van der Waals surface area contributed by atoms with E-state index in [1.165, 1.54) is 12.1 Å². The molecule has 5 rings (SSSR count). The lowest BCUT2D eigenvalue weighted by atomic mass is 9.96. The van der Waals surface area contributed by atoms with Crippen molar-refractivity contribution < 1.29 is 14.5 Å². The highest BCUT2D eigenvalue weighted by Gasteiger charge is 2.41. The van der Waals surface area contributed by atoms with Crippen LogP contribution in [0.3, 0.4) is 0 Å². The van der Waals surface area contributed by atoms with Crippen LogP contribution in [0, 0.1) is 24.0 Å². The lowest BCUT2D eigenvalue weighted by molar-refractivity contribution is -0.384. The van der Waals surface area contributed by atoms with Crippen LogP contribution in [0.1, 0.15) is 41.1 Å². The normalized spacial score (nSPS) is 16.4. The summed E-state index contributed by atoms with van der Waals surface area (Å²) in [7, 11) is 1.54. The maximum atomic E-state index is 12.9. The molecule has 0 unspecified atom stereocenters. The van der Waals surface area contributed by atoms with Crippen LogP contribution in [-0.4, -0.2) is 44.0 Å².